The molecular weight excluding hydrogens is 232 g/mol. The summed E-state index contributed by atoms with van der Waals surface area (Å²) in [6.45, 7) is 3.60. The lowest BCUT2D eigenvalue weighted by Crippen LogP contribution is -2.40. The maximum atomic E-state index is 6.74. The van der Waals surface area contributed by atoms with Crippen LogP contribution in [0.3, 0.4) is 0 Å². The predicted molar refractivity (Wildman–Crippen MR) is 79.9 cm³/mol. The molecule has 2 heteroatoms. The average molecular weight is 258 g/mol. The molecule has 0 radical (unpaired) electrons. The third kappa shape index (κ3) is 2.85. The second-order valence-corrected chi connectivity index (χ2v) is 6.36. The maximum absolute atomic E-state index is 6.74. The van der Waals surface area contributed by atoms with Crippen molar-refractivity contribution in [3.63, 3.8) is 0 Å². The normalized spacial score (nSPS) is 23.6. The molecule has 0 amide bonds. The van der Waals surface area contributed by atoms with E-state index in [0.29, 0.717) is 0 Å². The Labute approximate surface area is 117 Å². The third-order valence-electron chi connectivity index (χ3n) is 4.89. The van der Waals surface area contributed by atoms with Gasteiger partial charge in [0.15, 0.2) is 0 Å². The molecule has 104 valence electrons. The molecule has 3 rings (SSSR count). The van der Waals surface area contributed by atoms with Gasteiger partial charge in [0, 0.05) is 12.1 Å². The Morgan fingerprint density at radius 2 is 1.63 bits per heavy atom. The van der Waals surface area contributed by atoms with Crippen molar-refractivity contribution >= 4 is 0 Å². The van der Waals surface area contributed by atoms with Gasteiger partial charge in [0.2, 0.25) is 0 Å². The molecule has 1 aromatic rings. The van der Waals surface area contributed by atoms with E-state index in [1.807, 2.05) is 0 Å². The highest BCUT2D eigenvalue weighted by molar-refractivity contribution is 5.34. The zero-order valence-corrected chi connectivity index (χ0v) is 11.9. The largest absolute Gasteiger partial charge is 0.321 e. The fourth-order valence-corrected chi connectivity index (χ4v) is 3.78. The smallest absolute Gasteiger partial charge is 0.0412 e. The van der Waals surface area contributed by atoms with Crippen LogP contribution in [0.4, 0.5) is 0 Å². The summed E-state index contributed by atoms with van der Waals surface area (Å²) in [6, 6.07) is 8.89. The minimum absolute atomic E-state index is 0.0609. The molecule has 1 heterocycles. The van der Waals surface area contributed by atoms with Gasteiger partial charge in [0.1, 0.15) is 0 Å². The summed E-state index contributed by atoms with van der Waals surface area (Å²) in [6.07, 6.45) is 8.95. The maximum Gasteiger partial charge on any atom is 0.0412 e. The molecule has 1 aliphatic heterocycles. The molecule has 0 aromatic heterocycles. The first-order valence-electron chi connectivity index (χ1n) is 7.88. The van der Waals surface area contributed by atoms with Gasteiger partial charge in [-0.05, 0) is 49.9 Å². The number of hydrogen-bond acceptors (Lipinski definition) is 2. The molecule has 19 heavy (non-hydrogen) atoms. The van der Waals surface area contributed by atoms with Gasteiger partial charge < -0.3 is 5.73 Å². The molecule has 1 aliphatic carbocycles. The van der Waals surface area contributed by atoms with Gasteiger partial charge in [-0.2, -0.15) is 0 Å². The van der Waals surface area contributed by atoms with Crippen molar-refractivity contribution in [2.75, 3.05) is 13.1 Å². The second kappa shape index (κ2) is 5.64. The van der Waals surface area contributed by atoms with Gasteiger partial charge in [-0.15, -0.1) is 0 Å². The van der Waals surface area contributed by atoms with E-state index >= 15 is 0 Å². The van der Waals surface area contributed by atoms with Gasteiger partial charge in [-0.3, -0.25) is 4.90 Å². The Hall–Kier alpha value is -0.860. The zero-order valence-electron chi connectivity index (χ0n) is 11.9. The Balaban J connectivity index is 1.83. The van der Waals surface area contributed by atoms with Gasteiger partial charge in [0.25, 0.3) is 0 Å². The summed E-state index contributed by atoms with van der Waals surface area (Å²) in [7, 11) is 0. The molecule has 2 fully saturated rings. The van der Waals surface area contributed by atoms with Crippen LogP contribution in [0, 0.1) is 0 Å². The number of hydrogen-bond donors (Lipinski definition) is 1. The van der Waals surface area contributed by atoms with Crippen LogP contribution < -0.4 is 5.73 Å². The topological polar surface area (TPSA) is 29.3 Å². The van der Waals surface area contributed by atoms with Crippen molar-refractivity contribution in [1.29, 1.82) is 0 Å². The summed E-state index contributed by atoms with van der Waals surface area (Å²) in [5.74, 6) is 0. The standard InChI is InChI=1S/C17H26N2/c18-17(10-4-1-5-11-17)16-9-3-2-8-15(16)14-19-12-6-7-13-19/h2-3,8-9H,1,4-7,10-14,18H2. The summed E-state index contributed by atoms with van der Waals surface area (Å²) in [5.41, 5.74) is 9.56. The van der Waals surface area contributed by atoms with Crippen LogP contribution in [0.25, 0.3) is 0 Å². The van der Waals surface area contributed by atoms with E-state index in [2.05, 4.69) is 29.2 Å². The van der Waals surface area contributed by atoms with Gasteiger partial charge >= 0.3 is 0 Å². The number of likely N-dealkylation sites (tertiary alicyclic amines) is 1. The lowest BCUT2D eigenvalue weighted by molar-refractivity contribution is 0.289. The Kier molecular flexibility index (Phi) is 3.90. The average Bonchev–Trinajstić information content (AvgIpc) is 2.93. The van der Waals surface area contributed by atoms with Crippen LogP contribution >= 0.6 is 0 Å². The van der Waals surface area contributed by atoms with Crippen LogP contribution in [0.5, 0.6) is 0 Å². The van der Waals surface area contributed by atoms with E-state index in [1.165, 1.54) is 56.3 Å². The van der Waals surface area contributed by atoms with Crippen molar-refractivity contribution in [2.45, 2.75) is 57.0 Å². The highest BCUT2D eigenvalue weighted by atomic mass is 15.1. The monoisotopic (exact) mass is 258 g/mol. The molecule has 0 unspecified atom stereocenters. The highest BCUT2D eigenvalue weighted by Gasteiger charge is 2.31. The molecular formula is C17H26N2. The van der Waals surface area contributed by atoms with E-state index in [9.17, 15) is 0 Å². The van der Waals surface area contributed by atoms with Crippen molar-refractivity contribution < 1.29 is 0 Å². The van der Waals surface area contributed by atoms with E-state index in [1.54, 1.807) is 0 Å². The number of nitrogens with two attached hydrogens (primary N) is 1. The van der Waals surface area contributed by atoms with Gasteiger partial charge in [-0.25, -0.2) is 0 Å². The molecule has 1 saturated carbocycles. The third-order valence-corrected chi connectivity index (χ3v) is 4.89. The van der Waals surface area contributed by atoms with Crippen LogP contribution in [0.15, 0.2) is 24.3 Å². The SMILES string of the molecule is NC1(c2ccccc2CN2CCCC2)CCCCC1. The molecule has 0 atom stereocenters. The Bertz CT molecular complexity index is 415. The first-order chi connectivity index (χ1) is 9.28. The summed E-state index contributed by atoms with van der Waals surface area (Å²) < 4.78 is 0. The number of benzene rings is 1. The number of nitrogens with zero attached hydrogens (tertiary/aromatic N) is 1. The molecule has 1 saturated heterocycles. The van der Waals surface area contributed by atoms with E-state index < -0.39 is 0 Å². The van der Waals surface area contributed by atoms with Gasteiger partial charge in [-0.1, -0.05) is 43.5 Å². The fourth-order valence-electron chi connectivity index (χ4n) is 3.78. The highest BCUT2D eigenvalue weighted by Crippen LogP contribution is 2.36. The molecule has 0 spiro atoms. The van der Waals surface area contributed by atoms with Crippen molar-refractivity contribution in [1.82, 2.24) is 4.90 Å². The molecule has 2 nitrogen and oxygen atoms in total. The Morgan fingerprint density at radius 1 is 0.947 bits per heavy atom. The minimum atomic E-state index is -0.0609. The summed E-state index contributed by atoms with van der Waals surface area (Å²) in [4.78, 5) is 2.57. The first-order valence-corrected chi connectivity index (χ1v) is 7.88. The lowest BCUT2D eigenvalue weighted by Gasteiger charge is -2.36. The second-order valence-electron chi connectivity index (χ2n) is 6.36. The van der Waals surface area contributed by atoms with Gasteiger partial charge in [0.05, 0.1) is 0 Å². The molecule has 0 bridgehead atoms. The fraction of sp³-hybridized carbons (Fsp3) is 0.647. The minimum Gasteiger partial charge on any atom is -0.321 e. The Morgan fingerprint density at radius 3 is 2.37 bits per heavy atom. The van der Waals surface area contributed by atoms with Crippen LogP contribution in [-0.4, -0.2) is 18.0 Å². The number of rotatable bonds is 3. The zero-order chi connectivity index (χ0) is 13.1. The molecule has 2 aliphatic rings. The van der Waals surface area contributed by atoms with E-state index in [-0.39, 0.29) is 5.54 Å². The molecule has 2 N–H and O–H groups in total. The van der Waals surface area contributed by atoms with Crippen LogP contribution in [0.1, 0.15) is 56.1 Å². The van der Waals surface area contributed by atoms with Crippen molar-refractivity contribution in [3.8, 4) is 0 Å². The lowest BCUT2D eigenvalue weighted by atomic mass is 9.76. The predicted octanol–water partition coefficient (Wildman–Crippen LogP) is 3.40. The van der Waals surface area contributed by atoms with Crippen molar-refractivity contribution in [3.05, 3.63) is 35.4 Å². The summed E-state index contributed by atoms with van der Waals surface area (Å²) in [5, 5.41) is 0. The van der Waals surface area contributed by atoms with Crippen molar-refractivity contribution in [2.24, 2.45) is 5.73 Å². The molecule has 1 aromatic carbocycles. The van der Waals surface area contributed by atoms with Crippen LogP contribution in [0.2, 0.25) is 0 Å². The summed E-state index contributed by atoms with van der Waals surface area (Å²) >= 11 is 0. The van der Waals surface area contributed by atoms with E-state index in [4.69, 9.17) is 5.73 Å². The quantitative estimate of drug-likeness (QED) is 0.900. The van der Waals surface area contributed by atoms with E-state index in [0.717, 1.165) is 19.4 Å². The first kappa shape index (κ1) is 13.1. The van der Waals surface area contributed by atoms with Crippen LogP contribution in [-0.2, 0) is 12.1 Å².